The Hall–Kier alpha value is -1.26. The van der Waals surface area contributed by atoms with Crippen molar-refractivity contribution < 1.29 is 14.3 Å². The van der Waals surface area contributed by atoms with Crippen LogP contribution in [-0.4, -0.2) is 53.1 Å². The van der Waals surface area contributed by atoms with Gasteiger partial charge in [-0.25, -0.2) is 4.79 Å². The molecule has 0 aromatic carbocycles. The minimum atomic E-state index is -0.490. The zero-order chi connectivity index (χ0) is 17.1. The standard InChI is InChI=1S/C17H32N2O3/c1-13(2)12-14(20)19-10-8-17(6,9-11-19)18(7)15(21)22-16(3,4)5/h13H,8-12H2,1-7H3. The summed E-state index contributed by atoms with van der Waals surface area (Å²) in [5.41, 5.74) is -0.743. The molecule has 0 aliphatic carbocycles. The number of carbonyl (C=O) groups excluding carboxylic acids is 2. The third kappa shape index (κ3) is 5.18. The summed E-state index contributed by atoms with van der Waals surface area (Å²) in [5, 5.41) is 0. The summed E-state index contributed by atoms with van der Waals surface area (Å²) in [6, 6.07) is 0. The van der Waals surface area contributed by atoms with Gasteiger partial charge in [-0.15, -0.1) is 0 Å². The highest BCUT2D eigenvalue weighted by molar-refractivity contribution is 5.76. The van der Waals surface area contributed by atoms with E-state index in [4.69, 9.17) is 4.74 Å². The summed E-state index contributed by atoms with van der Waals surface area (Å²) in [5.74, 6) is 0.599. The number of likely N-dealkylation sites (tertiary alicyclic amines) is 1. The van der Waals surface area contributed by atoms with Crippen LogP contribution in [-0.2, 0) is 9.53 Å². The first-order valence-electron chi connectivity index (χ1n) is 8.19. The van der Waals surface area contributed by atoms with E-state index < -0.39 is 5.60 Å². The van der Waals surface area contributed by atoms with Crippen LogP contribution < -0.4 is 0 Å². The van der Waals surface area contributed by atoms with Crippen LogP contribution in [0.3, 0.4) is 0 Å². The Bertz CT molecular complexity index is 405. The molecule has 5 heteroatoms. The molecule has 0 N–H and O–H groups in total. The number of ether oxygens (including phenoxy) is 1. The predicted octanol–water partition coefficient (Wildman–Crippen LogP) is 3.28. The van der Waals surface area contributed by atoms with Gasteiger partial charge in [0.15, 0.2) is 0 Å². The molecule has 0 saturated carbocycles. The van der Waals surface area contributed by atoms with Crippen LogP contribution in [0.1, 0.15) is 60.8 Å². The van der Waals surface area contributed by atoms with Crippen LogP contribution in [0.2, 0.25) is 0 Å². The molecule has 0 bridgehead atoms. The van der Waals surface area contributed by atoms with Crippen molar-refractivity contribution in [2.24, 2.45) is 5.92 Å². The fourth-order valence-electron chi connectivity index (χ4n) is 2.60. The largest absolute Gasteiger partial charge is 0.444 e. The molecule has 1 rings (SSSR count). The SMILES string of the molecule is CC(C)CC(=O)N1CCC(C)(N(C)C(=O)OC(C)(C)C)CC1. The van der Waals surface area contributed by atoms with Crippen LogP contribution in [0.15, 0.2) is 0 Å². The highest BCUT2D eigenvalue weighted by Gasteiger charge is 2.38. The molecule has 0 spiro atoms. The summed E-state index contributed by atoms with van der Waals surface area (Å²) in [6.45, 7) is 13.2. The lowest BCUT2D eigenvalue weighted by molar-refractivity contribution is -0.134. The van der Waals surface area contributed by atoms with Gasteiger partial charge in [-0.3, -0.25) is 4.79 Å². The number of nitrogens with zero attached hydrogens (tertiary/aromatic N) is 2. The van der Waals surface area contributed by atoms with Crippen LogP contribution in [0.4, 0.5) is 4.79 Å². The van der Waals surface area contributed by atoms with E-state index in [1.165, 1.54) is 0 Å². The Kier molecular flexibility index (Phi) is 5.88. The predicted molar refractivity (Wildman–Crippen MR) is 87.7 cm³/mol. The molecule has 1 saturated heterocycles. The van der Waals surface area contributed by atoms with Gasteiger partial charge < -0.3 is 14.5 Å². The Morgan fingerprint density at radius 2 is 1.73 bits per heavy atom. The number of rotatable bonds is 3. The molecule has 1 fully saturated rings. The molecular weight excluding hydrogens is 280 g/mol. The Balaban J connectivity index is 2.60. The molecule has 0 atom stereocenters. The van der Waals surface area contributed by atoms with E-state index >= 15 is 0 Å². The lowest BCUT2D eigenvalue weighted by Crippen LogP contribution is -2.55. The summed E-state index contributed by atoms with van der Waals surface area (Å²) in [7, 11) is 1.79. The highest BCUT2D eigenvalue weighted by atomic mass is 16.6. The van der Waals surface area contributed by atoms with Gasteiger partial charge in [0.25, 0.3) is 0 Å². The van der Waals surface area contributed by atoms with Gasteiger partial charge in [0, 0.05) is 32.1 Å². The van der Waals surface area contributed by atoms with Gasteiger partial charge >= 0.3 is 6.09 Å². The van der Waals surface area contributed by atoms with Crippen molar-refractivity contribution >= 4 is 12.0 Å². The number of carbonyl (C=O) groups is 2. The smallest absolute Gasteiger partial charge is 0.410 e. The molecule has 2 amide bonds. The third-order valence-electron chi connectivity index (χ3n) is 4.25. The van der Waals surface area contributed by atoms with Gasteiger partial charge in [-0.1, -0.05) is 13.8 Å². The molecule has 5 nitrogen and oxygen atoms in total. The lowest BCUT2D eigenvalue weighted by atomic mass is 9.88. The summed E-state index contributed by atoms with van der Waals surface area (Å²) >= 11 is 0. The van der Waals surface area contributed by atoms with Crippen LogP contribution in [0.5, 0.6) is 0 Å². The average Bonchev–Trinajstić information content (AvgIpc) is 2.35. The summed E-state index contributed by atoms with van der Waals surface area (Å²) in [6.07, 6.45) is 1.87. The van der Waals surface area contributed by atoms with Crippen molar-refractivity contribution in [3.05, 3.63) is 0 Å². The maximum Gasteiger partial charge on any atom is 0.410 e. The second kappa shape index (κ2) is 6.88. The highest BCUT2D eigenvalue weighted by Crippen LogP contribution is 2.29. The number of hydrogen-bond donors (Lipinski definition) is 0. The minimum absolute atomic E-state index is 0.219. The first kappa shape index (κ1) is 18.8. The van der Waals surface area contributed by atoms with E-state index in [2.05, 4.69) is 20.8 Å². The van der Waals surface area contributed by atoms with Crippen molar-refractivity contribution in [2.45, 2.75) is 71.9 Å². The van der Waals surface area contributed by atoms with E-state index in [0.717, 1.165) is 12.8 Å². The lowest BCUT2D eigenvalue weighted by Gasteiger charge is -2.45. The monoisotopic (exact) mass is 312 g/mol. The maximum atomic E-state index is 12.2. The molecule has 1 aliphatic heterocycles. The van der Waals surface area contributed by atoms with Gasteiger partial charge in [-0.05, 0) is 46.5 Å². The Morgan fingerprint density at radius 1 is 1.23 bits per heavy atom. The molecule has 0 aromatic rings. The van der Waals surface area contributed by atoms with E-state index in [1.54, 1.807) is 11.9 Å². The zero-order valence-corrected chi connectivity index (χ0v) is 15.2. The fraction of sp³-hybridized carbons (Fsp3) is 0.882. The number of piperidine rings is 1. The Morgan fingerprint density at radius 3 is 2.14 bits per heavy atom. The molecule has 1 aliphatic rings. The van der Waals surface area contributed by atoms with Crippen LogP contribution in [0, 0.1) is 5.92 Å². The molecule has 0 aromatic heterocycles. The molecular formula is C17H32N2O3. The van der Waals surface area contributed by atoms with E-state index in [1.807, 2.05) is 25.7 Å². The first-order chi connectivity index (χ1) is 9.94. The quantitative estimate of drug-likeness (QED) is 0.803. The molecule has 0 radical (unpaired) electrons. The molecule has 22 heavy (non-hydrogen) atoms. The van der Waals surface area contributed by atoms with Gasteiger partial charge in [0.05, 0.1) is 0 Å². The molecule has 1 heterocycles. The van der Waals surface area contributed by atoms with E-state index in [9.17, 15) is 9.59 Å². The maximum absolute atomic E-state index is 12.2. The number of hydrogen-bond acceptors (Lipinski definition) is 3. The number of amides is 2. The van der Waals surface area contributed by atoms with Crippen molar-refractivity contribution in [3.63, 3.8) is 0 Å². The van der Waals surface area contributed by atoms with E-state index in [-0.39, 0.29) is 17.5 Å². The topological polar surface area (TPSA) is 49.9 Å². The van der Waals surface area contributed by atoms with Crippen LogP contribution >= 0.6 is 0 Å². The molecule has 0 unspecified atom stereocenters. The first-order valence-corrected chi connectivity index (χ1v) is 8.19. The second-order valence-corrected chi connectivity index (χ2v) is 8.02. The van der Waals surface area contributed by atoms with E-state index in [0.29, 0.717) is 25.4 Å². The van der Waals surface area contributed by atoms with Crippen molar-refractivity contribution in [3.8, 4) is 0 Å². The second-order valence-electron chi connectivity index (χ2n) is 8.02. The van der Waals surface area contributed by atoms with Crippen molar-refractivity contribution in [2.75, 3.05) is 20.1 Å². The van der Waals surface area contributed by atoms with Crippen molar-refractivity contribution in [1.82, 2.24) is 9.80 Å². The summed E-state index contributed by atoms with van der Waals surface area (Å²) in [4.78, 5) is 28.0. The fourth-order valence-corrected chi connectivity index (χ4v) is 2.60. The minimum Gasteiger partial charge on any atom is -0.444 e. The third-order valence-corrected chi connectivity index (χ3v) is 4.25. The van der Waals surface area contributed by atoms with Gasteiger partial charge in [-0.2, -0.15) is 0 Å². The van der Waals surface area contributed by atoms with Crippen LogP contribution in [0.25, 0.3) is 0 Å². The average molecular weight is 312 g/mol. The summed E-state index contributed by atoms with van der Waals surface area (Å²) < 4.78 is 5.45. The zero-order valence-electron chi connectivity index (χ0n) is 15.2. The normalized spacial score (nSPS) is 18.3. The van der Waals surface area contributed by atoms with Gasteiger partial charge in [0.2, 0.25) is 5.91 Å². The van der Waals surface area contributed by atoms with Gasteiger partial charge in [0.1, 0.15) is 5.60 Å². The Labute approximate surface area is 135 Å². The van der Waals surface area contributed by atoms with Crippen molar-refractivity contribution in [1.29, 1.82) is 0 Å². The molecule has 128 valence electrons.